The number of hydrogen-bond acceptors (Lipinski definition) is 3. The molecule has 2 heterocycles. The van der Waals surface area contributed by atoms with Gasteiger partial charge < -0.3 is 4.42 Å². The normalized spacial score (nSPS) is 11.6. The highest BCUT2D eigenvalue weighted by Gasteiger charge is 2.08. The van der Waals surface area contributed by atoms with Crippen molar-refractivity contribution >= 4 is 22.3 Å². The van der Waals surface area contributed by atoms with E-state index < -0.39 is 0 Å². The minimum absolute atomic E-state index is 0.668. The minimum Gasteiger partial charge on any atom is -0.441 e. The second kappa shape index (κ2) is 8.27. The number of nitrogens with zero attached hydrogens (tertiary/aromatic N) is 2. The second-order valence-electron chi connectivity index (χ2n) is 6.84. The first-order chi connectivity index (χ1) is 11.8. The molecule has 0 fully saturated rings. The highest BCUT2D eigenvalue weighted by atomic mass is 16.3. The Morgan fingerprint density at radius 3 is 2.33 bits per heavy atom. The van der Waals surface area contributed by atoms with Crippen molar-refractivity contribution in [2.75, 3.05) is 0 Å². The summed E-state index contributed by atoms with van der Waals surface area (Å²) in [6.07, 6.45) is 11.6. The molecule has 0 radical (unpaired) electrons. The van der Waals surface area contributed by atoms with Crippen LogP contribution < -0.4 is 0 Å². The summed E-state index contributed by atoms with van der Waals surface area (Å²) in [4.78, 5) is 9.29. The van der Waals surface area contributed by atoms with Crippen molar-refractivity contribution in [2.24, 2.45) is 0 Å². The molecule has 2 aromatic heterocycles. The highest BCUT2D eigenvalue weighted by Crippen LogP contribution is 2.22. The predicted molar refractivity (Wildman–Crippen MR) is 100 cm³/mol. The van der Waals surface area contributed by atoms with Crippen LogP contribution in [0.2, 0.25) is 0 Å². The number of hydrogen-bond donors (Lipinski definition) is 0. The van der Waals surface area contributed by atoms with Crippen LogP contribution in [0.4, 0.5) is 0 Å². The van der Waals surface area contributed by atoms with Gasteiger partial charge in [-0.2, -0.15) is 0 Å². The van der Waals surface area contributed by atoms with E-state index in [9.17, 15) is 0 Å². The number of furan rings is 1. The molecule has 0 bridgehead atoms. The number of fused-ring (bicyclic) bond motifs is 2. The van der Waals surface area contributed by atoms with Crippen LogP contribution >= 0.6 is 0 Å². The minimum atomic E-state index is 0.668. The van der Waals surface area contributed by atoms with Crippen molar-refractivity contribution < 1.29 is 4.42 Å². The number of rotatable bonds is 9. The van der Waals surface area contributed by atoms with Crippen LogP contribution in [-0.4, -0.2) is 9.97 Å². The van der Waals surface area contributed by atoms with Gasteiger partial charge in [0.05, 0.1) is 11.0 Å². The van der Waals surface area contributed by atoms with Gasteiger partial charge in [-0.3, -0.25) is 0 Å². The first-order valence-corrected chi connectivity index (χ1v) is 9.43. The lowest BCUT2D eigenvalue weighted by Crippen LogP contribution is -1.84. The van der Waals surface area contributed by atoms with E-state index in [1.165, 1.54) is 56.9 Å². The van der Waals surface area contributed by atoms with E-state index in [-0.39, 0.29) is 0 Å². The second-order valence-corrected chi connectivity index (χ2v) is 6.84. The first kappa shape index (κ1) is 16.9. The molecule has 0 saturated carbocycles. The maximum absolute atomic E-state index is 5.89. The van der Waals surface area contributed by atoms with Crippen molar-refractivity contribution in [2.45, 2.75) is 71.6 Å². The molecule has 24 heavy (non-hydrogen) atoms. The Labute approximate surface area is 144 Å². The maximum atomic E-state index is 5.89. The maximum Gasteiger partial charge on any atom is 0.245 e. The molecule has 0 atom stereocenters. The van der Waals surface area contributed by atoms with Gasteiger partial charge >= 0.3 is 0 Å². The van der Waals surface area contributed by atoms with Crippen LogP contribution in [0.1, 0.15) is 69.6 Å². The predicted octanol–water partition coefficient (Wildman–Crippen LogP) is 6.37. The molecule has 3 rings (SSSR count). The third-order valence-electron chi connectivity index (χ3n) is 4.62. The van der Waals surface area contributed by atoms with Gasteiger partial charge in [-0.25, -0.2) is 9.97 Å². The van der Waals surface area contributed by atoms with Gasteiger partial charge in [-0.15, -0.1) is 0 Å². The fourth-order valence-electron chi connectivity index (χ4n) is 3.19. The quantitative estimate of drug-likeness (QED) is 0.429. The summed E-state index contributed by atoms with van der Waals surface area (Å²) in [5, 5.41) is 0. The Morgan fingerprint density at radius 2 is 1.54 bits per heavy atom. The molecular weight excluding hydrogens is 296 g/mol. The standard InChI is InChI=1S/C21H28N2O/c1-3-4-5-6-7-8-9-10-11-17-15-20-21(24-17)23-18-13-12-16(2)14-19(18)22-20/h12-15H,3-11H2,1-2H3. The Bertz CT molecular complexity index is 791. The lowest BCUT2D eigenvalue weighted by atomic mass is 10.1. The molecule has 0 spiro atoms. The smallest absolute Gasteiger partial charge is 0.245 e. The zero-order valence-corrected chi connectivity index (χ0v) is 15.0. The number of aromatic nitrogens is 2. The number of unbranched alkanes of at least 4 members (excludes halogenated alkanes) is 7. The average Bonchev–Trinajstić information content (AvgIpc) is 2.96. The van der Waals surface area contributed by atoms with Crippen LogP contribution in [-0.2, 0) is 6.42 Å². The summed E-state index contributed by atoms with van der Waals surface area (Å²) in [7, 11) is 0. The van der Waals surface area contributed by atoms with E-state index >= 15 is 0 Å². The molecule has 0 aliphatic heterocycles. The zero-order valence-electron chi connectivity index (χ0n) is 15.0. The van der Waals surface area contributed by atoms with Crippen LogP contribution in [0.15, 0.2) is 28.7 Å². The molecular formula is C21H28N2O. The number of benzene rings is 1. The summed E-state index contributed by atoms with van der Waals surface area (Å²) in [5.74, 6) is 1.02. The monoisotopic (exact) mass is 324 g/mol. The molecule has 3 heteroatoms. The van der Waals surface area contributed by atoms with Crippen molar-refractivity contribution in [3.8, 4) is 0 Å². The van der Waals surface area contributed by atoms with Crippen LogP contribution in [0.3, 0.4) is 0 Å². The Morgan fingerprint density at radius 1 is 0.792 bits per heavy atom. The summed E-state index contributed by atoms with van der Waals surface area (Å²) >= 11 is 0. The van der Waals surface area contributed by atoms with Crippen LogP contribution in [0, 0.1) is 6.92 Å². The highest BCUT2D eigenvalue weighted by molar-refractivity contribution is 5.84. The SMILES string of the molecule is CCCCCCCCCCc1cc2nc3cc(C)ccc3nc2o1. The third-order valence-corrected chi connectivity index (χ3v) is 4.62. The number of aryl methyl sites for hydroxylation is 2. The Kier molecular flexibility index (Phi) is 5.84. The summed E-state index contributed by atoms with van der Waals surface area (Å²) in [6.45, 7) is 4.34. The van der Waals surface area contributed by atoms with Crippen LogP contribution in [0.5, 0.6) is 0 Å². The van der Waals surface area contributed by atoms with Crippen molar-refractivity contribution in [1.82, 2.24) is 9.97 Å². The van der Waals surface area contributed by atoms with E-state index in [0.717, 1.165) is 28.7 Å². The Balaban J connectivity index is 1.53. The summed E-state index contributed by atoms with van der Waals surface area (Å²) < 4.78 is 5.89. The molecule has 0 aliphatic carbocycles. The van der Waals surface area contributed by atoms with E-state index in [2.05, 4.69) is 42.0 Å². The molecule has 0 amide bonds. The van der Waals surface area contributed by atoms with Gasteiger partial charge in [0, 0.05) is 12.5 Å². The van der Waals surface area contributed by atoms with Gasteiger partial charge in [0.25, 0.3) is 0 Å². The topological polar surface area (TPSA) is 38.9 Å². The third kappa shape index (κ3) is 4.34. The largest absolute Gasteiger partial charge is 0.441 e. The zero-order chi connectivity index (χ0) is 16.8. The fourth-order valence-corrected chi connectivity index (χ4v) is 3.19. The van der Waals surface area contributed by atoms with Crippen molar-refractivity contribution in [3.63, 3.8) is 0 Å². The van der Waals surface area contributed by atoms with E-state index in [4.69, 9.17) is 4.42 Å². The first-order valence-electron chi connectivity index (χ1n) is 9.43. The average molecular weight is 324 g/mol. The Hall–Kier alpha value is -1.90. The lowest BCUT2D eigenvalue weighted by molar-refractivity contribution is 0.513. The lowest BCUT2D eigenvalue weighted by Gasteiger charge is -2.00. The van der Waals surface area contributed by atoms with Gasteiger partial charge in [0.1, 0.15) is 11.3 Å². The van der Waals surface area contributed by atoms with E-state index in [0.29, 0.717) is 5.71 Å². The molecule has 128 valence electrons. The van der Waals surface area contributed by atoms with Crippen molar-refractivity contribution in [1.29, 1.82) is 0 Å². The fraction of sp³-hybridized carbons (Fsp3) is 0.524. The van der Waals surface area contributed by atoms with Gasteiger partial charge in [0.15, 0.2) is 0 Å². The molecule has 0 aliphatic rings. The summed E-state index contributed by atoms with van der Waals surface area (Å²) in [6, 6.07) is 8.21. The molecule has 3 aromatic rings. The molecule has 0 N–H and O–H groups in total. The van der Waals surface area contributed by atoms with Gasteiger partial charge in [-0.1, -0.05) is 57.9 Å². The summed E-state index contributed by atoms with van der Waals surface area (Å²) in [5.41, 5.74) is 4.60. The van der Waals surface area contributed by atoms with Crippen molar-refractivity contribution in [3.05, 3.63) is 35.6 Å². The molecule has 0 unspecified atom stereocenters. The molecule has 3 nitrogen and oxygen atoms in total. The van der Waals surface area contributed by atoms with E-state index in [1.54, 1.807) is 0 Å². The molecule has 0 saturated heterocycles. The van der Waals surface area contributed by atoms with Gasteiger partial charge in [0.2, 0.25) is 5.71 Å². The van der Waals surface area contributed by atoms with E-state index in [1.807, 2.05) is 6.07 Å². The van der Waals surface area contributed by atoms with Crippen LogP contribution in [0.25, 0.3) is 22.3 Å². The molecule has 1 aromatic carbocycles. The van der Waals surface area contributed by atoms with Gasteiger partial charge in [-0.05, 0) is 31.0 Å².